The number of amides is 2. The van der Waals surface area contributed by atoms with E-state index in [0.29, 0.717) is 38.4 Å². The van der Waals surface area contributed by atoms with Gasteiger partial charge in [0.15, 0.2) is 0 Å². The summed E-state index contributed by atoms with van der Waals surface area (Å²) in [6.07, 6.45) is -1.97. The molecule has 12 nitrogen and oxygen atoms in total. The zero-order valence-corrected chi connectivity index (χ0v) is 26.2. The summed E-state index contributed by atoms with van der Waals surface area (Å²) in [6, 6.07) is 14.5. The molecule has 1 heterocycles. The zero-order valence-electron chi connectivity index (χ0n) is 25.4. The van der Waals surface area contributed by atoms with Crippen molar-refractivity contribution in [1.29, 1.82) is 0 Å². The Morgan fingerprint density at radius 2 is 1.79 bits per heavy atom. The molecule has 0 aliphatic carbocycles. The van der Waals surface area contributed by atoms with Crippen molar-refractivity contribution in [3.05, 3.63) is 60.2 Å². The van der Waals surface area contributed by atoms with Crippen molar-refractivity contribution in [2.24, 2.45) is 5.92 Å². The average molecular weight is 620 g/mol. The van der Waals surface area contributed by atoms with Crippen molar-refractivity contribution in [3.63, 3.8) is 0 Å². The molecule has 0 unspecified atom stereocenters. The largest absolute Gasteiger partial charge is 0.444 e. The topological polar surface area (TPSA) is 153 Å². The lowest BCUT2D eigenvalue weighted by Crippen LogP contribution is -2.54. The van der Waals surface area contributed by atoms with Gasteiger partial charge in [-0.2, -0.15) is 4.31 Å². The first-order chi connectivity index (χ1) is 20.5. The number of nitrogens with zero attached hydrogens (tertiary/aromatic N) is 2. The minimum Gasteiger partial charge on any atom is -0.444 e. The van der Waals surface area contributed by atoms with Crippen molar-refractivity contribution in [2.75, 3.05) is 59.2 Å². The second kappa shape index (κ2) is 16.5. The minimum atomic E-state index is -4.03. The summed E-state index contributed by atoms with van der Waals surface area (Å²) in [5, 5.41) is 5.86. The number of likely N-dealkylation sites (N-methyl/N-ethyl adjacent to an activating group) is 2. The van der Waals surface area contributed by atoms with Gasteiger partial charge in [0.05, 0.1) is 30.7 Å². The second-order valence-electron chi connectivity index (χ2n) is 11.1. The molecule has 238 valence electrons. The molecule has 2 aromatic rings. The quantitative estimate of drug-likeness (QED) is 0.256. The summed E-state index contributed by atoms with van der Waals surface area (Å²) in [7, 11) is -0.658. The molecular weight excluding hydrogens is 574 g/mol. The predicted octanol–water partition coefficient (Wildman–Crippen LogP) is 2.70. The highest BCUT2D eigenvalue weighted by atomic mass is 32.2. The van der Waals surface area contributed by atoms with Gasteiger partial charge in [-0.3, -0.25) is 0 Å². The molecule has 0 radical (unpaired) electrons. The second-order valence-corrected chi connectivity index (χ2v) is 13.0. The van der Waals surface area contributed by atoms with Gasteiger partial charge in [-0.25, -0.2) is 18.0 Å². The van der Waals surface area contributed by atoms with Crippen molar-refractivity contribution >= 4 is 27.9 Å². The normalized spacial score (nSPS) is 16.6. The Bertz CT molecular complexity index is 1260. The fourth-order valence-electron chi connectivity index (χ4n) is 4.59. The van der Waals surface area contributed by atoms with Crippen LogP contribution in [0.1, 0.15) is 25.8 Å². The maximum Gasteiger partial charge on any atom is 0.409 e. The number of nitrogens with two attached hydrogens (primary N) is 1. The van der Waals surface area contributed by atoms with E-state index in [1.54, 1.807) is 14.1 Å². The predicted molar refractivity (Wildman–Crippen MR) is 164 cm³/mol. The Morgan fingerprint density at radius 1 is 1.09 bits per heavy atom. The third-order valence-electron chi connectivity index (χ3n) is 6.94. The van der Waals surface area contributed by atoms with E-state index in [1.807, 2.05) is 44.2 Å². The summed E-state index contributed by atoms with van der Waals surface area (Å²) >= 11 is 0. The SMILES string of the molecule is CNCCN(C)C(=O)O[C@@H](CN(CC(C)C)S(=O)(=O)c1ccc(N)cc1)[C@@H](Cc1ccccc1)NC(=O)O[C@H]1CCOC1. The van der Waals surface area contributed by atoms with E-state index < -0.39 is 40.5 Å². The highest BCUT2D eigenvalue weighted by molar-refractivity contribution is 7.89. The molecule has 2 amide bonds. The van der Waals surface area contributed by atoms with Gasteiger partial charge in [0, 0.05) is 38.8 Å². The molecule has 1 saturated heterocycles. The smallest absolute Gasteiger partial charge is 0.409 e. The summed E-state index contributed by atoms with van der Waals surface area (Å²) < 4.78 is 46.0. The van der Waals surface area contributed by atoms with Crippen LogP contribution in [0.5, 0.6) is 0 Å². The number of carbonyl (C=O) groups excluding carboxylic acids is 2. The van der Waals surface area contributed by atoms with Gasteiger partial charge in [-0.15, -0.1) is 0 Å². The summed E-state index contributed by atoms with van der Waals surface area (Å²) in [6.45, 7) is 5.44. The van der Waals surface area contributed by atoms with E-state index in [0.717, 1.165) is 5.56 Å². The molecule has 43 heavy (non-hydrogen) atoms. The molecular formula is C30H45N5O7S. The van der Waals surface area contributed by atoms with Gasteiger partial charge in [0.2, 0.25) is 10.0 Å². The van der Waals surface area contributed by atoms with E-state index in [1.165, 1.54) is 33.5 Å². The molecule has 3 atom stereocenters. The number of rotatable bonds is 15. The number of anilines is 1. The fourth-order valence-corrected chi connectivity index (χ4v) is 6.21. The summed E-state index contributed by atoms with van der Waals surface area (Å²) in [5.74, 6) is -0.0499. The highest BCUT2D eigenvalue weighted by Gasteiger charge is 2.36. The van der Waals surface area contributed by atoms with Gasteiger partial charge in [0.25, 0.3) is 0 Å². The van der Waals surface area contributed by atoms with E-state index >= 15 is 0 Å². The Kier molecular flexibility index (Phi) is 13.1. The molecule has 4 N–H and O–H groups in total. The number of benzene rings is 2. The number of carbonyl (C=O) groups is 2. The monoisotopic (exact) mass is 619 g/mol. The lowest BCUT2D eigenvalue weighted by atomic mass is 10.0. The van der Waals surface area contributed by atoms with Crippen molar-refractivity contribution < 1.29 is 32.2 Å². The van der Waals surface area contributed by atoms with Crippen molar-refractivity contribution in [2.45, 2.75) is 49.8 Å². The van der Waals surface area contributed by atoms with E-state index in [4.69, 9.17) is 19.9 Å². The first-order valence-corrected chi connectivity index (χ1v) is 15.9. The van der Waals surface area contributed by atoms with Crippen molar-refractivity contribution in [1.82, 2.24) is 19.8 Å². The van der Waals surface area contributed by atoms with Gasteiger partial charge in [0.1, 0.15) is 12.2 Å². The number of nitrogens with one attached hydrogen (secondary N) is 2. The van der Waals surface area contributed by atoms with E-state index in [2.05, 4.69) is 10.6 Å². The fraction of sp³-hybridized carbons (Fsp3) is 0.533. The standard InChI is InChI=1S/C30H45N5O7S/c1-22(2)19-35(43(38,39)26-12-10-24(31)11-13-26)20-28(42-30(37)34(4)16-15-32-3)27(18-23-8-6-5-7-9-23)33-29(36)41-25-14-17-40-21-25/h5-13,22,25,27-28,32H,14-21,31H2,1-4H3,(H,33,36)/t25-,27+,28-/m0/s1. The number of alkyl carbamates (subject to hydrolysis) is 1. The number of sulfonamides is 1. The van der Waals surface area contributed by atoms with Gasteiger partial charge < -0.3 is 35.5 Å². The van der Waals surface area contributed by atoms with Crippen LogP contribution in [-0.2, 0) is 30.7 Å². The molecule has 0 bridgehead atoms. The molecule has 3 rings (SSSR count). The maximum atomic E-state index is 13.9. The van der Waals surface area contributed by atoms with Crippen LogP contribution in [0.3, 0.4) is 0 Å². The van der Waals surface area contributed by atoms with Crippen LogP contribution >= 0.6 is 0 Å². The van der Waals surface area contributed by atoms with Crippen LogP contribution in [0.2, 0.25) is 0 Å². The summed E-state index contributed by atoms with van der Waals surface area (Å²) in [4.78, 5) is 27.8. The number of nitrogen functional groups attached to an aromatic ring is 1. The zero-order chi connectivity index (χ0) is 31.4. The Balaban J connectivity index is 1.99. The molecule has 0 saturated carbocycles. The molecule has 1 aliphatic heterocycles. The lowest BCUT2D eigenvalue weighted by molar-refractivity contribution is 0.0330. The molecule has 1 aliphatic rings. The van der Waals surface area contributed by atoms with Crippen molar-refractivity contribution in [3.8, 4) is 0 Å². The molecule has 2 aromatic carbocycles. The van der Waals surface area contributed by atoms with Crippen LogP contribution in [0.4, 0.5) is 15.3 Å². The van der Waals surface area contributed by atoms with Crippen LogP contribution in [0, 0.1) is 5.92 Å². The van der Waals surface area contributed by atoms with Crippen LogP contribution in [0.25, 0.3) is 0 Å². The van der Waals surface area contributed by atoms with Gasteiger partial charge in [-0.1, -0.05) is 44.2 Å². The molecule has 1 fully saturated rings. The van der Waals surface area contributed by atoms with Crippen LogP contribution in [0.15, 0.2) is 59.5 Å². The third-order valence-corrected chi connectivity index (χ3v) is 8.79. The number of ether oxygens (including phenoxy) is 3. The van der Waals surface area contributed by atoms with Crippen LogP contribution < -0.4 is 16.4 Å². The summed E-state index contributed by atoms with van der Waals surface area (Å²) in [5.41, 5.74) is 7.10. The van der Waals surface area contributed by atoms with E-state index in [9.17, 15) is 18.0 Å². The first-order valence-electron chi connectivity index (χ1n) is 14.5. The molecule has 0 aromatic heterocycles. The first kappa shape index (κ1) is 34.1. The molecule has 0 spiro atoms. The Hall–Kier alpha value is -3.39. The Labute approximate surface area is 254 Å². The molecule has 13 heteroatoms. The van der Waals surface area contributed by atoms with Crippen LogP contribution in [-0.4, -0.2) is 102 Å². The lowest BCUT2D eigenvalue weighted by Gasteiger charge is -2.34. The number of hydrogen-bond donors (Lipinski definition) is 3. The third kappa shape index (κ3) is 10.7. The highest BCUT2D eigenvalue weighted by Crippen LogP contribution is 2.22. The number of hydrogen-bond acceptors (Lipinski definition) is 9. The van der Waals surface area contributed by atoms with Gasteiger partial charge >= 0.3 is 12.2 Å². The van der Waals surface area contributed by atoms with E-state index in [-0.39, 0.29) is 30.3 Å². The van der Waals surface area contributed by atoms with Gasteiger partial charge in [-0.05, 0) is 49.2 Å². The average Bonchev–Trinajstić information content (AvgIpc) is 3.48. The Morgan fingerprint density at radius 3 is 2.40 bits per heavy atom. The minimum absolute atomic E-state index is 0.0499. The maximum absolute atomic E-state index is 13.9.